The first-order chi connectivity index (χ1) is 11.7. The van der Waals surface area contributed by atoms with Crippen LogP contribution in [-0.2, 0) is 4.79 Å². The first-order valence-corrected chi connectivity index (χ1v) is 9.99. The van der Waals surface area contributed by atoms with Gasteiger partial charge in [0.05, 0.1) is 0 Å². The first-order valence-electron chi connectivity index (χ1n) is 9.99. The van der Waals surface area contributed by atoms with Crippen molar-refractivity contribution in [2.45, 2.75) is 77.2 Å². The minimum atomic E-state index is -0.688. The van der Waals surface area contributed by atoms with E-state index in [-0.39, 0.29) is 12.6 Å². The van der Waals surface area contributed by atoms with Gasteiger partial charge in [-0.3, -0.25) is 4.79 Å². The summed E-state index contributed by atoms with van der Waals surface area (Å²) in [6, 6.07) is 0.687. The highest BCUT2D eigenvalue weighted by atomic mass is 16.4. The summed E-state index contributed by atoms with van der Waals surface area (Å²) >= 11 is 0. The summed E-state index contributed by atoms with van der Waals surface area (Å²) in [7, 11) is 0. The summed E-state index contributed by atoms with van der Waals surface area (Å²) in [6.45, 7) is 3.44. The summed E-state index contributed by atoms with van der Waals surface area (Å²) in [5.41, 5.74) is 0. The number of allylic oxidation sites excluding steroid dienone is 3. The van der Waals surface area contributed by atoms with Gasteiger partial charge in [0.1, 0.15) is 0 Å². The largest absolute Gasteiger partial charge is 0.481 e. The number of fused-ring (bicyclic) bond motifs is 2. The predicted octanol–water partition coefficient (Wildman–Crippen LogP) is 5.31. The fourth-order valence-corrected chi connectivity index (χ4v) is 4.34. The van der Waals surface area contributed by atoms with Crippen LogP contribution in [0.25, 0.3) is 0 Å². The van der Waals surface area contributed by atoms with Crippen molar-refractivity contribution in [1.82, 2.24) is 11.5 Å². The number of carboxylic acids is 1. The van der Waals surface area contributed by atoms with Crippen molar-refractivity contribution in [3.05, 3.63) is 24.3 Å². The lowest BCUT2D eigenvalue weighted by molar-refractivity contribution is -0.137. The Morgan fingerprint density at radius 3 is 2.68 bits per heavy atom. The molecule has 0 aromatic rings. The molecule has 2 bridgehead atoms. The fraction of sp³-hybridized carbons (Fsp3) is 0.762. The van der Waals surface area contributed by atoms with E-state index in [2.05, 4.69) is 36.5 Å². The van der Waals surface area contributed by atoms with Crippen LogP contribution in [0, 0.1) is 17.8 Å². The third kappa shape index (κ3) is 7.33. The highest BCUT2D eigenvalue weighted by Crippen LogP contribution is 2.44. The lowest BCUT2D eigenvalue weighted by atomic mass is 9.83. The molecule has 1 aliphatic carbocycles. The maximum atomic E-state index is 10.5. The van der Waals surface area contributed by atoms with Crippen molar-refractivity contribution in [3.8, 4) is 0 Å². The quantitative estimate of drug-likeness (QED) is 0.329. The molecule has 144 valence electrons. The Labute approximate surface area is 153 Å². The van der Waals surface area contributed by atoms with E-state index < -0.39 is 5.97 Å². The Morgan fingerprint density at radius 2 is 1.92 bits per heavy atom. The van der Waals surface area contributed by atoms with Gasteiger partial charge in [-0.05, 0) is 62.8 Å². The number of nitrogens with one attached hydrogen (secondary N) is 1. The molecular formula is C21H39N2O2+. The Morgan fingerprint density at radius 1 is 1.12 bits per heavy atom. The zero-order chi connectivity index (χ0) is 17.2. The highest BCUT2D eigenvalue weighted by molar-refractivity contribution is 5.66. The molecule has 2 fully saturated rings. The van der Waals surface area contributed by atoms with Gasteiger partial charge >= 0.3 is 5.97 Å². The van der Waals surface area contributed by atoms with Gasteiger partial charge < -0.3 is 16.6 Å². The van der Waals surface area contributed by atoms with Crippen LogP contribution < -0.4 is 11.5 Å². The molecule has 1 saturated heterocycles. The molecule has 0 spiro atoms. The third-order valence-corrected chi connectivity index (χ3v) is 5.68. The average Bonchev–Trinajstić information content (AvgIpc) is 3.15. The van der Waals surface area contributed by atoms with Gasteiger partial charge in [-0.2, -0.15) is 0 Å². The van der Waals surface area contributed by atoms with Gasteiger partial charge in [0, 0.05) is 12.5 Å². The van der Waals surface area contributed by atoms with Crippen molar-refractivity contribution >= 4 is 5.97 Å². The minimum Gasteiger partial charge on any atom is -0.481 e. The SMILES string of the molecule is CCCCCC/C=C/[C@@H]1[C@@H](C/C=C\CCCC(=O)O)[C@H]2CN[C@@H]1C2.[NH4+]. The van der Waals surface area contributed by atoms with E-state index >= 15 is 0 Å². The number of quaternary nitrogens is 1. The number of hydrogen-bond acceptors (Lipinski definition) is 2. The van der Waals surface area contributed by atoms with Crippen LogP contribution in [0.5, 0.6) is 0 Å². The molecule has 2 rings (SSSR count). The van der Waals surface area contributed by atoms with Gasteiger partial charge in [-0.25, -0.2) is 0 Å². The maximum absolute atomic E-state index is 10.5. The molecule has 0 aromatic carbocycles. The van der Waals surface area contributed by atoms with E-state index in [0.29, 0.717) is 12.0 Å². The van der Waals surface area contributed by atoms with Crippen molar-refractivity contribution in [2.24, 2.45) is 17.8 Å². The molecule has 0 aromatic heterocycles. The minimum absolute atomic E-state index is 0. The first kappa shape index (κ1) is 21.9. The van der Waals surface area contributed by atoms with Crippen molar-refractivity contribution in [1.29, 1.82) is 0 Å². The second-order valence-electron chi connectivity index (χ2n) is 7.52. The van der Waals surface area contributed by atoms with Crippen LogP contribution in [0.1, 0.15) is 71.1 Å². The van der Waals surface area contributed by atoms with Crippen LogP contribution in [0.15, 0.2) is 24.3 Å². The average molecular weight is 352 g/mol. The molecule has 0 unspecified atom stereocenters. The Hall–Kier alpha value is -1.13. The van der Waals surface area contributed by atoms with Crippen LogP contribution in [0.4, 0.5) is 0 Å². The lowest BCUT2D eigenvalue weighted by Crippen LogP contribution is -2.37. The highest BCUT2D eigenvalue weighted by Gasteiger charge is 2.45. The summed E-state index contributed by atoms with van der Waals surface area (Å²) in [6.07, 6.45) is 20.4. The number of rotatable bonds is 12. The molecule has 4 nitrogen and oxygen atoms in total. The summed E-state index contributed by atoms with van der Waals surface area (Å²) in [5, 5.41) is 12.3. The van der Waals surface area contributed by atoms with Gasteiger partial charge in [0.2, 0.25) is 0 Å². The van der Waals surface area contributed by atoms with Crippen LogP contribution in [-0.4, -0.2) is 23.7 Å². The second kappa shape index (κ2) is 12.3. The van der Waals surface area contributed by atoms with Gasteiger partial charge in [0.25, 0.3) is 0 Å². The maximum Gasteiger partial charge on any atom is 0.303 e. The van der Waals surface area contributed by atoms with E-state index in [1.807, 2.05) is 0 Å². The number of carboxylic acid groups (broad SMARTS) is 1. The zero-order valence-electron chi connectivity index (χ0n) is 16.3. The molecule has 4 heteroatoms. The molecule has 1 heterocycles. The van der Waals surface area contributed by atoms with E-state index in [9.17, 15) is 4.79 Å². The molecule has 4 atom stereocenters. The van der Waals surface area contributed by atoms with Crippen LogP contribution in [0.2, 0.25) is 0 Å². The monoisotopic (exact) mass is 351 g/mol. The van der Waals surface area contributed by atoms with Gasteiger partial charge in [-0.15, -0.1) is 0 Å². The van der Waals surface area contributed by atoms with Crippen molar-refractivity contribution in [2.75, 3.05) is 6.54 Å². The number of carbonyl (C=O) groups is 1. The zero-order valence-corrected chi connectivity index (χ0v) is 16.3. The molecule has 0 amide bonds. The molecule has 2 aliphatic rings. The normalized spacial score (nSPS) is 28.0. The molecule has 1 aliphatic heterocycles. The number of aliphatic carboxylic acids is 1. The Bertz CT molecular complexity index is 434. The van der Waals surface area contributed by atoms with Crippen LogP contribution >= 0.6 is 0 Å². The second-order valence-corrected chi connectivity index (χ2v) is 7.52. The Kier molecular flexibility index (Phi) is 10.7. The number of unbranched alkanes of at least 4 members (excludes halogenated alkanes) is 5. The van der Waals surface area contributed by atoms with E-state index in [1.165, 1.54) is 45.1 Å². The fourth-order valence-electron chi connectivity index (χ4n) is 4.34. The predicted molar refractivity (Wildman–Crippen MR) is 106 cm³/mol. The van der Waals surface area contributed by atoms with E-state index in [0.717, 1.165) is 31.1 Å². The Balaban J connectivity index is 0.00000312. The number of piperidine rings is 1. The van der Waals surface area contributed by atoms with Crippen LogP contribution in [0.3, 0.4) is 0 Å². The molecule has 1 saturated carbocycles. The van der Waals surface area contributed by atoms with Crippen molar-refractivity contribution in [3.63, 3.8) is 0 Å². The summed E-state index contributed by atoms with van der Waals surface area (Å²) in [4.78, 5) is 10.5. The third-order valence-electron chi connectivity index (χ3n) is 5.68. The van der Waals surface area contributed by atoms with Gasteiger partial charge in [0.15, 0.2) is 0 Å². The van der Waals surface area contributed by atoms with E-state index in [4.69, 9.17) is 5.11 Å². The smallest absolute Gasteiger partial charge is 0.303 e. The standard InChI is InChI=1S/C21H35NO2.H3N/c1-2-3-4-5-6-10-13-19-18(17-15-20(19)22-16-17)12-9-7-8-11-14-21(23)24;/h7,9-10,13,17-20,22H,2-6,8,11-12,14-16H2,1H3,(H,23,24);1H3/p+1/b9-7-,13-10+;/t17-,18+,19-,20-;/m1./s1. The summed E-state index contributed by atoms with van der Waals surface area (Å²) in [5.74, 6) is 1.61. The number of hydrogen-bond donors (Lipinski definition) is 3. The molecule has 0 radical (unpaired) electrons. The van der Waals surface area contributed by atoms with Gasteiger partial charge in [-0.1, -0.05) is 50.5 Å². The molecule has 6 N–H and O–H groups in total. The topological polar surface area (TPSA) is 85.8 Å². The van der Waals surface area contributed by atoms with E-state index in [1.54, 1.807) is 0 Å². The van der Waals surface area contributed by atoms with Crippen molar-refractivity contribution < 1.29 is 9.90 Å². The molecule has 25 heavy (non-hydrogen) atoms. The summed E-state index contributed by atoms with van der Waals surface area (Å²) < 4.78 is 0. The molecular weight excluding hydrogens is 312 g/mol. The lowest BCUT2D eigenvalue weighted by Gasteiger charge is -2.29.